The summed E-state index contributed by atoms with van der Waals surface area (Å²) in [6.45, 7) is 4.60. The third-order valence-electron chi connectivity index (χ3n) is 3.77. The molecule has 7 nitrogen and oxygen atoms in total. The molecule has 2 aromatic rings. The number of hydrogen-bond acceptors (Lipinski definition) is 5. The first-order valence-electron chi connectivity index (χ1n) is 8.49. The van der Waals surface area contributed by atoms with Gasteiger partial charge in [0.05, 0.1) is 6.61 Å². The lowest BCUT2D eigenvalue weighted by Crippen LogP contribution is -2.33. The Morgan fingerprint density at radius 2 is 1.92 bits per heavy atom. The largest absolute Gasteiger partial charge is 0.494 e. The molecule has 7 heteroatoms. The van der Waals surface area contributed by atoms with Crippen molar-refractivity contribution in [3.8, 4) is 11.6 Å². The number of rotatable bonds is 8. The Balaban J connectivity index is 2.28. The molecule has 0 spiro atoms. The van der Waals surface area contributed by atoms with E-state index in [9.17, 15) is 19.5 Å². The number of nitrogens with one attached hydrogen (secondary N) is 1. The van der Waals surface area contributed by atoms with Crippen LogP contribution in [0.1, 0.15) is 42.6 Å². The highest BCUT2D eigenvalue weighted by atomic mass is 16.5. The molecular weight excluding hydrogens is 336 g/mol. The molecule has 0 saturated carbocycles. The van der Waals surface area contributed by atoms with Crippen LogP contribution in [0.3, 0.4) is 0 Å². The lowest BCUT2D eigenvalue weighted by atomic mass is 10.1. The molecule has 0 aliphatic heterocycles. The van der Waals surface area contributed by atoms with Gasteiger partial charge in [-0.05, 0) is 37.1 Å². The quantitative estimate of drug-likeness (QED) is 0.557. The van der Waals surface area contributed by atoms with Crippen molar-refractivity contribution in [1.82, 2.24) is 9.55 Å². The number of carbonyl (C=O) groups excluding carboxylic acids is 1. The number of H-pyrrole nitrogens is 1. The first-order valence-corrected chi connectivity index (χ1v) is 8.49. The number of nitrogens with zero attached hydrogens (tertiary/aromatic N) is 1. The summed E-state index contributed by atoms with van der Waals surface area (Å²) in [6, 6.07) is 7.06. The number of aromatic nitrogens is 2. The van der Waals surface area contributed by atoms with E-state index < -0.39 is 28.5 Å². The fourth-order valence-electron chi connectivity index (χ4n) is 2.40. The first kappa shape index (κ1) is 19.2. The molecule has 1 aromatic carbocycles. The van der Waals surface area contributed by atoms with E-state index in [0.29, 0.717) is 18.8 Å². The predicted molar refractivity (Wildman–Crippen MR) is 98.9 cm³/mol. The van der Waals surface area contributed by atoms with Crippen molar-refractivity contribution in [2.45, 2.75) is 33.2 Å². The van der Waals surface area contributed by atoms with Gasteiger partial charge in [-0.2, -0.15) is 0 Å². The van der Waals surface area contributed by atoms with Crippen LogP contribution < -0.4 is 16.0 Å². The number of aromatic hydroxyl groups is 1. The maximum atomic E-state index is 12.4. The second-order valence-corrected chi connectivity index (χ2v) is 5.66. The van der Waals surface area contributed by atoms with Gasteiger partial charge in [0.15, 0.2) is 5.78 Å². The molecule has 0 aliphatic carbocycles. The van der Waals surface area contributed by atoms with Gasteiger partial charge in [-0.3, -0.25) is 19.1 Å². The van der Waals surface area contributed by atoms with E-state index in [1.807, 2.05) is 13.8 Å². The van der Waals surface area contributed by atoms with Gasteiger partial charge in [0.2, 0.25) is 5.88 Å². The molecule has 0 atom stereocenters. The lowest BCUT2D eigenvalue weighted by molar-refractivity contribution is 0.104. The SMILES string of the molecule is CCCCn1c(O)c(C(=O)C=Cc2ccc(OCC)cc2)c(=O)[nH]c1=O. The summed E-state index contributed by atoms with van der Waals surface area (Å²) < 4.78 is 6.34. The highest BCUT2D eigenvalue weighted by Crippen LogP contribution is 2.15. The number of ether oxygens (including phenoxy) is 1. The van der Waals surface area contributed by atoms with Crippen LogP contribution >= 0.6 is 0 Å². The standard InChI is InChI=1S/C19H22N2O5/c1-3-5-12-21-18(24)16(17(23)20-19(21)25)15(22)11-8-13-6-9-14(10-7-13)26-4-2/h6-11,24H,3-5,12H2,1-2H3,(H,20,23,25). The topological polar surface area (TPSA) is 101 Å². The molecule has 0 bridgehead atoms. The Morgan fingerprint density at radius 3 is 2.54 bits per heavy atom. The molecule has 2 N–H and O–H groups in total. The average molecular weight is 358 g/mol. The van der Waals surface area contributed by atoms with E-state index in [2.05, 4.69) is 4.98 Å². The smallest absolute Gasteiger partial charge is 0.331 e. The first-order chi connectivity index (χ1) is 12.5. The molecule has 0 unspecified atom stereocenters. The summed E-state index contributed by atoms with van der Waals surface area (Å²) in [4.78, 5) is 38.2. The fourth-order valence-corrected chi connectivity index (χ4v) is 2.40. The minimum atomic E-state index is -0.901. The van der Waals surface area contributed by atoms with E-state index >= 15 is 0 Å². The molecule has 0 aliphatic rings. The molecule has 1 aromatic heterocycles. The van der Waals surface area contributed by atoms with Gasteiger partial charge in [0, 0.05) is 6.54 Å². The molecule has 2 rings (SSSR count). The Bertz CT molecular complexity index is 907. The maximum Gasteiger partial charge on any atom is 0.331 e. The molecular formula is C19H22N2O5. The maximum absolute atomic E-state index is 12.4. The van der Waals surface area contributed by atoms with Crippen LogP contribution in [0.25, 0.3) is 6.08 Å². The van der Waals surface area contributed by atoms with Crippen LogP contribution in [0.15, 0.2) is 39.9 Å². The molecule has 0 amide bonds. The molecule has 0 radical (unpaired) electrons. The number of unbranched alkanes of at least 4 members (excludes halogenated alkanes) is 1. The van der Waals surface area contributed by atoms with Crippen molar-refractivity contribution in [1.29, 1.82) is 0 Å². The fraction of sp³-hybridized carbons (Fsp3) is 0.316. The Kier molecular flexibility index (Phi) is 6.54. The van der Waals surface area contributed by atoms with Crippen LogP contribution in [0.5, 0.6) is 11.6 Å². The van der Waals surface area contributed by atoms with Gasteiger partial charge < -0.3 is 9.84 Å². The monoisotopic (exact) mass is 358 g/mol. The minimum Gasteiger partial charge on any atom is -0.494 e. The van der Waals surface area contributed by atoms with Crippen LogP contribution in [-0.4, -0.2) is 27.0 Å². The summed E-state index contributed by atoms with van der Waals surface area (Å²) in [6.07, 6.45) is 4.15. The number of benzene rings is 1. The number of hydrogen-bond donors (Lipinski definition) is 2. The third-order valence-corrected chi connectivity index (χ3v) is 3.77. The van der Waals surface area contributed by atoms with E-state index in [4.69, 9.17) is 4.74 Å². The molecule has 1 heterocycles. The van der Waals surface area contributed by atoms with Gasteiger partial charge >= 0.3 is 5.69 Å². The van der Waals surface area contributed by atoms with E-state index in [-0.39, 0.29) is 6.54 Å². The van der Waals surface area contributed by atoms with Crippen molar-refractivity contribution in [3.05, 3.63) is 62.3 Å². The zero-order valence-electron chi connectivity index (χ0n) is 14.8. The van der Waals surface area contributed by atoms with Gasteiger partial charge in [0.1, 0.15) is 11.3 Å². The van der Waals surface area contributed by atoms with E-state index in [1.54, 1.807) is 24.3 Å². The Hall–Kier alpha value is -3.09. The van der Waals surface area contributed by atoms with Gasteiger partial charge in [-0.25, -0.2) is 4.79 Å². The van der Waals surface area contributed by atoms with Crippen molar-refractivity contribution >= 4 is 11.9 Å². The van der Waals surface area contributed by atoms with Crippen molar-refractivity contribution in [2.24, 2.45) is 0 Å². The van der Waals surface area contributed by atoms with Gasteiger partial charge in [0.25, 0.3) is 5.56 Å². The van der Waals surface area contributed by atoms with Crippen LogP contribution in [-0.2, 0) is 6.54 Å². The zero-order chi connectivity index (χ0) is 19.1. The molecule has 138 valence electrons. The summed E-state index contributed by atoms with van der Waals surface area (Å²) in [5.74, 6) is -0.565. The molecule has 26 heavy (non-hydrogen) atoms. The molecule has 0 fully saturated rings. The Morgan fingerprint density at radius 1 is 1.23 bits per heavy atom. The highest BCUT2D eigenvalue weighted by molar-refractivity contribution is 6.08. The second-order valence-electron chi connectivity index (χ2n) is 5.66. The summed E-state index contributed by atoms with van der Waals surface area (Å²) >= 11 is 0. The third kappa shape index (κ3) is 4.50. The van der Waals surface area contributed by atoms with Crippen LogP contribution in [0.2, 0.25) is 0 Å². The van der Waals surface area contributed by atoms with Crippen molar-refractivity contribution < 1.29 is 14.6 Å². The van der Waals surface area contributed by atoms with Gasteiger partial charge in [-0.15, -0.1) is 0 Å². The lowest BCUT2D eigenvalue weighted by Gasteiger charge is -2.09. The van der Waals surface area contributed by atoms with Crippen LogP contribution in [0, 0.1) is 0 Å². The Labute approximate surface area is 150 Å². The summed E-state index contributed by atoms with van der Waals surface area (Å²) in [5, 5.41) is 10.2. The number of ketones is 1. The number of aromatic amines is 1. The van der Waals surface area contributed by atoms with Gasteiger partial charge in [-0.1, -0.05) is 31.6 Å². The normalized spacial score (nSPS) is 11.0. The summed E-state index contributed by atoms with van der Waals surface area (Å²) in [7, 11) is 0. The summed E-state index contributed by atoms with van der Waals surface area (Å²) in [5.41, 5.74) is -1.34. The van der Waals surface area contributed by atoms with Crippen LogP contribution in [0.4, 0.5) is 0 Å². The predicted octanol–water partition coefficient (Wildman–Crippen LogP) is 2.34. The number of carbonyl (C=O) groups is 1. The van der Waals surface area contributed by atoms with Crippen molar-refractivity contribution in [2.75, 3.05) is 6.61 Å². The van der Waals surface area contributed by atoms with E-state index in [0.717, 1.165) is 16.6 Å². The second kappa shape index (κ2) is 8.84. The highest BCUT2D eigenvalue weighted by Gasteiger charge is 2.18. The average Bonchev–Trinajstić information content (AvgIpc) is 2.61. The zero-order valence-corrected chi connectivity index (χ0v) is 14.8. The van der Waals surface area contributed by atoms with Crippen molar-refractivity contribution in [3.63, 3.8) is 0 Å². The molecule has 0 saturated heterocycles. The number of allylic oxidation sites excluding steroid dienone is 1. The van der Waals surface area contributed by atoms with E-state index in [1.165, 1.54) is 12.2 Å². The minimum absolute atomic E-state index is 0.223.